The maximum Gasteiger partial charge on any atom is 0.0994 e. The number of hydrogen-bond donors (Lipinski definition) is 1. The molecule has 0 atom stereocenters. The van der Waals surface area contributed by atoms with Gasteiger partial charge in [-0.15, -0.1) is 0 Å². The number of aromatic nitrogens is 2. The van der Waals surface area contributed by atoms with Crippen LogP contribution in [0.1, 0.15) is 17.7 Å². The lowest BCUT2D eigenvalue weighted by atomic mass is 10.0. The summed E-state index contributed by atoms with van der Waals surface area (Å²) in [5.74, 6) is 0. The third-order valence-corrected chi connectivity index (χ3v) is 3.13. The van der Waals surface area contributed by atoms with Crippen molar-refractivity contribution >= 4 is 5.69 Å². The topological polar surface area (TPSA) is 29.9 Å². The molecule has 1 aromatic heterocycles. The average Bonchev–Trinajstić information content (AvgIpc) is 2.75. The first kappa shape index (κ1) is 9.46. The number of hydrogen-bond acceptors (Lipinski definition) is 2. The quantitative estimate of drug-likeness (QED) is 0.789. The van der Waals surface area contributed by atoms with Crippen LogP contribution in [-0.2, 0) is 6.42 Å². The van der Waals surface area contributed by atoms with Gasteiger partial charge in [-0.3, -0.25) is 0 Å². The van der Waals surface area contributed by atoms with Gasteiger partial charge in [0.25, 0.3) is 0 Å². The van der Waals surface area contributed by atoms with E-state index < -0.39 is 0 Å². The molecule has 0 spiro atoms. The zero-order valence-electron chi connectivity index (χ0n) is 9.40. The minimum atomic E-state index is 1.09. The van der Waals surface area contributed by atoms with Crippen LogP contribution in [0.5, 0.6) is 0 Å². The second kappa shape index (κ2) is 3.67. The zero-order chi connectivity index (χ0) is 11.0. The van der Waals surface area contributed by atoms with Crippen molar-refractivity contribution in [3.8, 4) is 5.69 Å². The molecule has 0 aliphatic carbocycles. The maximum atomic E-state index is 4.16. The van der Waals surface area contributed by atoms with Crippen molar-refractivity contribution in [2.75, 3.05) is 11.9 Å². The minimum Gasteiger partial charge on any atom is -0.385 e. The molecule has 1 aromatic carbocycles. The molecule has 3 heteroatoms. The van der Waals surface area contributed by atoms with Gasteiger partial charge in [-0.05, 0) is 43.5 Å². The Morgan fingerprint density at radius 1 is 1.38 bits per heavy atom. The van der Waals surface area contributed by atoms with E-state index in [4.69, 9.17) is 0 Å². The smallest absolute Gasteiger partial charge is 0.0994 e. The number of rotatable bonds is 1. The number of benzene rings is 1. The fraction of sp³-hybridized carbons (Fsp3) is 0.308. The SMILES string of the molecule is Cc1cncn1-c1ccc2c(c1)CCCN2. The Morgan fingerprint density at radius 2 is 2.31 bits per heavy atom. The largest absolute Gasteiger partial charge is 0.385 e. The summed E-state index contributed by atoms with van der Waals surface area (Å²) in [6, 6.07) is 6.57. The molecule has 0 saturated carbocycles. The van der Waals surface area contributed by atoms with E-state index in [0.717, 1.165) is 6.54 Å². The lowest BCUT2D eigenvalue weighted by Gasteiger charge is -2.19. The Hall–Kier alpha value is -1.77. The summed E-state index contributed by atoms with van der Waals surface area (Å²) in [6.07, 6.45) is 6.15. The molecular formula is C13H15N3. The summed E-state index contributed by atoms with van der Waals surface area (Å²) in [7, 11) is 0. The summed E-state index contributed by atoms with van der Waals surface area (Å²) in [5.41, 5.74) is 5.07. The molecule has 3 rings (SSSR count). The van der Waals surface area contributed by atoms with E-state index in [1.165, 1.54) is 35.5 Å². The first-order valence-electron chi connectivity index (χ1n) is 5.71. The van der Waals surface area contributed by atoms with Crippen molar-refractivity contribution in [3.05, 3.63) is 42.0 Å². The van der Waals surface area contributed by atoms with E-state index in [1.807, 2.05) is 12.5 Å². The van der Waals surface area contributed by atoms with E-state index in [9.17, 15) is 0 Å². The van der Waals surface area contributed by atoms with E-state index in [1.54, 1.807) is 0 Å². The highest BCUT2D eigenvalue weighted by Crippen LogP contribution is 2.24. The van der Waals surface area contributed by atoms with Gasteiger partial charge >= 0.3 is 0 Å². The molecule has 16 heavy (non-hydrogen) atoms. The van der Waals surface area contributed by atoms with Crippen LogP contribution < -0.4 is 5.32 Å². The molecule has 0 saturated heterocycles. The second-order valence-electron chi connectivity index (χ2n) is 4.28. The molecular weight excluding hydrogens is 198 g/mol. The summed E-state index contributed by atoms with van der Waals surface area (Å²) < 4.78 is 2.12. The summed E-state index contributed by atoms with van der Waals surface area (Å²) in [4.78, 5) is 4.16. The van der Waals surface area contributed by atoms with Gasteiger partial charge in [-0.1, -0.05) is 0 Å². The van der Waals surface area contributed by atoms with Crippen LogP contribution in [0.15, 0.2) is 30.7 Å². The van der Waals surface area contributed by atoms with E-state index in [0.29, 0.717) is 0 Å². The van der Waals surface area contributed by atoms with Crippen LogP contribution in [0.3, 0.4) is 0 Å². The zero-order valence-corrected chi connectivity index (χ0v) is 9.40. The summed E-state index contributed by atoms with van der Waals surface area (Å²) >= 11 is 0. The Kier molecular flexibility index (Phi) is 2.17. The van der Waals surface area contributed by atoms with Gasteiger partial charge in [0.15, 0.2) is 0 Å². The van der Waals surface area contributed by atoms with Crippen LogP contribution in [0.4, 0.5) is 5.69 Å². The van der Waals surface area contributed by atoms with Crippen LogP contribution in [-0.4, -0.2) is 16.1 Å². The number of anilines is 1. The van der Waals surface area contributed by atoms with Crippen LogP contribution in [0.2, 0.25) is 0 Å². The highest BCUT2D eigenvalue weighted by Gasteiger charge is 2.09. The summed E-state index contributed by atoms with van der Waals surface area (Å²) in [6.45, 7) is 3.17. The first-order chi connectivity index (χ1) is 7.84. The number of imidazole rings is 1. The average molecular weight is 213 g/mol. The molecule has 0 fully saturated rings. The van der Waals surface area contributed by atoms with Crippen LogP contribution in [0, 0.1) is 6.92 Å². The van der Waals surface area contributed by atoms with Gasteiger partial charge in [0.1, 0.15) is 0 Å². The molecule has 0 unspecified atom stereocenters. The number of aryl methyl sites for hydroxylation is 2. The molecule has 1 aliphatic heterocycles. The fourth-order valence-corrected chi connectivity index (χ4v) is 2.24. The number of fused-ring (bicyclic) bond motifs is 1. The molecule has 0 bridgehead atoms. The highest BCUT2D eigenvalue weighted by molar-refractivity contribution is 5.57. The third-order valence-electron chi connectivity index (χ3n) is 3.13. The highest BCUT2D eigenvalue weighted by atomic mass is 15.0. The lowest BCUT2D eigenvalue weighted by Crippen LogP contribution is -2.12. The molecule has 2 heterocycles. The van der Waals surface area contributed by atoms with E-state index in [-0.39, 0.29) is 0 Å². The monoisotopic (exact) mass is 213 g/mol. The van der Waals surface area contributed by atoms with Crippen molar-refractivity contribution in [1.29, 1.82) is 0 Å². The molecule has 1 N–H and O–H groups in total. The number of nitrogens with one attached hydrogen (secondary N) is 1. The van der Waals surface area contributed by atoms with Gasteiger partial charge in [-0.2, -0.15) is 0 Å². The molecule has 82 valence electrons. The van der Waals surface area contributed by atoms with Crippen molar-refractivity contribution in [1.82, 2.24) is 9.55 Å². The van der Waals surface area contributed by atoms with E-state index >= 15 is 0 Å². The first-order valence-corrected chi connectivity index (χ1v) is 5.71. The number of nitrogens with zero attached hydrogens (tertiary/aromatic N) is 2. The van der Waals surface area contributed by atoms with Crippen molar-refractivity contribution < 1.29 is 0 Å². The Morgan fingerprint density at radius 3 is 3.12 bits per heavy atom. The van der Waals surface area contributed by atoms with Gasteiger partial charge in [0, 0.05) is 29.8 Å². The molecule has 0 radical (unpaired) electrons. The van der Waals surface area contributed by atoms with Crippen molar-refractivity contribution in [2.45, 2.75) is 19.8 Å². The molecule has 3 nitrogen and oxygen atoms in total. The normalized spacial score (nSPS) is 14.3. The standard InChI is InChI=1S/C13H15N3/c1-10-8-14-9-16(10)12-4-5-13-11(7-12)3-2-6-15-13/h4-5,7-9,15H,2-3,6H2,1H3. The Labute approximate surface area is 95.1 Å². The third kappa shape index (κ3) is 1.48. The van der Waals surface area contributed by atoms with E-state index in [2.05, 4.69) is 40.0 Å². The Balaban J connectivity index is 2.06. The predicted octanol–water partition coefficient (Wildman–Crippen LogP) is 2.54. The van der Waals surface area contributed by atoms with Gasteiger partial charge in [-0.25, -0.2) is 4.98 Å². The summed E-state index contributed by atoms with van der Waals surface area (Å²) in [5, 5.41) is 3.42. The molecule has 1 aliphatic rings. The maximum absolute atomic E-state index is 4.16. The molecule has 0 amide bonds. The van der Waals surface area contributed by atoms with Gasteiger partial charge in [0.2, 0.25) is 0 Å². The minimum absolute atomic E-state index is 1.09. The second-order valence-corrected chi connectivity index (χ2v) is 4.28. The van der Waals surface area contributed by atoms with Gasteiger partial charge in [0.05, 0.1) is 6.33 Å². The predicted molar refractivity (Wildman–Crippen MR) is 65.1 cm³/mol. The van der Waals surface area contributed by atoms with Crippen LogP contribution >= 0.6 is 0 Å². The van der Waals surface area contributed by atoms with Gasteiger partial charge < -0.3 is 9.88 Å². The van der Waals surface area contributed by atoms with Crippen molar-refractivity contribution in [3.63, 3.8) is 0 Å². The fourth-order valence-electron chi connectivity index (χ4n) is 2.24. The van der Waals surface area contributed by atoms with Crippen molar-refractivity contribution in [2.24, 2.45) is 0 Å². The Bertz CT molecular complexity index is 514. The molecule has 2 aromatic rings. The van der Waals surface area contributed by atoms with Crippen LogP contribution in [0.25, 0.3) is 5.69 Å². The lowest BCUT2D eigenvalue weighted by molar-refractivity contribution is 0.827.